The number of rotatable bonds is 57. The van der Waals surface area contributed by atoms with Gasteiger partial charge in [0.1, 0.15) is 13.2 Å². The quantitative estimate of drug-likeness (QED) is 0.0261. The first-order valence-electron chi connectivity index (χ1n) is 31.1. The van der Waals surface area contributed by atoms with Gasteiger partial charge in [-0.05, 0) is 77.0 Å². The highest BCUT2D eigenvalue weighted by Crippen LogP contribution is 2.17. The maximum absolute atomic E-state index is 12.9. The van der Waals surface area contributed by atoms with E-state index in [1.54, 1.807) is 0 Å². The Kier molecular flexibility index (Phi) is 57.7. The molecule has 0 saturated carbocycles. The molecule has 414 valence electrons. The third-order valence-electron chi connectivity index (χ3n) is 13.8. The first-order chi connectivity index (χ1) is 35.0. The van der Waals surface area contributed by atoms with E-state index < -0.39 is 6.10 Å². The standard InChI is InChI=1S/C65H118O6/c1-4-7-10-13-16-19-22-25-28-31-33-35-37-40-43-46-49-52-55-58-64(67)70-61-62(60-69-63(66)57-54-51-48-45-42-39-36-30-27-24-21-18-15-12-9-6-3)71-65(68)59-56-53-50-47-44-41-38-34-32-29-26-23-20-17-14-11-8-5-2/h9,12,18,21,27,30,34,38,62H,4-8,10-11,13-17,19-20,22-26,28-29,31-33,35-37,39-61H2,1-3H3/b12-9-,21-18-,30-27-,38-34-. The lowest BCUT2D eigenvalue weighted by atomic mass is 10.0. The number of unbranched alkanes of at least 4 members (excludes halogenated alkanes) is 38. The van der Waals surface area contributed by atoms with Crippen molar-refractivity contribution in [3.8, 4) is 0 Å². The minimum Gasteiger partial charge on any atom is -0.462 e. The van der Waals surface area contributed by atoms with Crippen molar-refractivity contribution in [2.75, 3.05) is 13.2 Å². The van der Waals surface area contributed by atoms with Crippen LogP contribution in [0, 0.1) is 0 Å². The Hall–Kier alpha value is -2.63. The largest absolute Gasteiger partial charge is 0.462 e. The topological polar surface area (TPSA) is 78.9 Å². The summed E-state index contributed by atoms with van der Waals surface area (Å²) in [5.74, 6) is -0.879. The zero-order valence-electron chi connectivity index (χ0n) is 47.5. The van der Waals surface area contributed by atoms with Crippen LogP contribution in [0.25, 0.3) is 0 Å². The van der Waals surface area contributed by atoms with Crippen LogP contribution >= 0.6 is 0 Å². The molecule has 71 heavy (non-hydrogen) atoms. The van der Waals surface area contributed by atoms with Gasteiger partial charge in [-0.2, -0.15) is 0 Å². The molecule has 0 aromatic heterocycles. The van der Waals surface area contributed by atoms with Gasteiger partial charge < -0.3 is 14.2 Å². The average Bonchev–Trinajstić information content (AvgIpc) is 3.37. The van der Waals surface area contributed by atoms with Crippen LogP contribution in [0.3, 0.4) is 0 Å². The summed E-state index contributed by atoms with van der Waals surface area (Å²) in [6.07, 6.45) is 74.0. The SMILES string of the molecule is CC/C=C\C/C=C\C/C=C\CCCCCCCCC(=O)OCC(COC(=O)CCCCCCCCCCCCCCCCCCCCC)OC(=O)CCCCCCC/C=C\CCCCCCCCCCC. The Labute approximate surface area is 441 Å². The maximum Gasteiger partial charge on any atom is 0.306 e. The smallest absolute Gasteiger partial charge is 0.306 e. The minimum absolute atomic E-state index is 0.0772. The highest BCUT2D eigenvalue weighted by Gasteiger charge is 2.19. The van der Waals surface area contributed by atoms with Crippen molar-refractivity contribution in [3.63, 3.8) is 0 Å². The summed E-state index contributed by atoms with van der Waals surface area (Å²) in [5, 5.41) is 0. The molecule has 0 aliphatic heterocycles. The Bertz CT molecular complexity index is 1230. The molecule has 0 aromatic carbocycles. The van der Waals surface area contributed by atoms with E-state index in [4.69, 9.17) is 14.2 Å². The van der Waals surface area contributed by atoms with Crippen LogP contribution in [0.2, 0.25) is 0 Å². The van der Waals surface area contributed by atoms with Crippen molar-refractivity contribution in [2.45, 2.75) is 335 Å². The molecule has 1 unspecified atom stereocenters. The van der Waals surface area contributed by atoms with Crippen LogP contribution in [0.4, 0.5) is 0 Å². The molecule has 0 bridgehead atoms. The Morgan fingerprint density at radius 1 is 0.296 bits per heavy atom. The maximum atomic E-state index is 12.9. The Morgan fingerprint density at radius 3 is 0.873 bits per heavy atom. The van der Waals surface area contributed by atoms with Crippen molar-refractivity contribution < 1.29 is 28.6 Å². The fourth-order valence-corrected chi connectivity index (χ4v) is 9.16. The lowest BCUT2D eigenvalue weighted by Gasteiger charge is -2.18. The van der Waals surface area contributed by atoms with E-state index >= 15 is 0 Å². The van der Waals surface area contributed by atoms with Gasteiger partial charge in [-0.15, -0.1) is 0 Å². The summed E-state index contributed by atoms with van der Waals surface area (Å²) in [4.78, 5) is 38.3. The number of hydrogen-bond acceptors (Lipinski definition) is 6. The number of hydrogen-bond donors (Lipinski definition) is 0. The highest BCUT2D eigenvalue weighted by molar-refractivity contribution is 5.71. The molecule has 0 rings (SSSR count). The minimum atomic E-state index is -0.782. The molecular formula is C65H118O6. The lowest BCUT2D eigenvalue weighted by Crippen LogP contribution is -2.30. The number of esters is 3. The van der Waals surface area contributed by atoms with Gasteiger partial charge in [0.05, 0.1) is 0 Å². The number of ether oxygens (including phenoxy) is 3. The van der Waals surface area contributed by atoms with Gasteiger partial charge in [0.25, 0.3) is 0 Å². The second-order valence-corrected chi connectivity index (χ2v) is 20.9. The number of carbonyl (C=O) groups is 3. The van der Waals surface area contributed by atoms with Crippen molar-refractivity contribution in [1.82, 2.24) is 0 Å². The molecule has 0 aliphatic rings. The molecule has 1 atom stereocenters. The van der Waals surface area contributed by atoms with Gasteiger partial charge >= 0.3 is 17.9 Å². The summed E-state index contributed by atoms with van der Waals surface area (Å²) < 4.78 is 16.9. The zero-order valence-corrected chi connectivity index (χ0v) is 47.5. The van der Waals surface area contributed by atoms with E-state index in [0.29, 0.717) is 19.3 Å². The predicted octanol–water partition coefficient (Wildman–Crippen LogP) is 21.0. The van der Waals surface area contributed by atoms with E-state index in [0.717, 1.165) is 89.9 Å². The molecule has 0 heterocycles. The summed E-state index contributed by atoms with van der Waals surface area (Å²) in [6.45, 7) is 6.56. The van der Waals surface area contributed by atoms with Gasteiger partial charge in [-0.25, -0.2) is 0 Å². The van der Waals surface area contributed by atoms with E-state index in [1.807, 2.05) is 0 Å². The van der Waals surface area contributed by atoms with Crippen molar-refractivity contribution in [2.24, 2.45) is 0 Å². The fourth-order valence-electron chi connectivity index (χ4n) is 9.16. The second kappa shape index (κ2) is 59.9. The van der Waals surface area contributed by atoms with E-state index in [1.165, 1.54) is 199 Å². The molecule has 0 radical (unpaired) electrons. The van der Waals surface area contributed by atoms with Gasteiger partial charge in [-0.3, -0.25) is 14.4 Å². The Balaban J connectivity index is 4.36. The molecule has 0 aromatic rings. The Morgan fingerprint density at radius 2 is 0.549 bits per heavy atom. The van der Waals surface area contributed by atoms with E-state index in [9.17, 15) is 14.4 Å². The molecule has 0 N–H and O–H groups in total. The summed E-state index contributed by atoms with van der Waals surface area (Å²) in [7, 11) is 0. The molecule has 0 saturated heterocycles. The molecule has 0 amide bonds. The second-order valence-electron chi connectivity index (χ2n) is 20.9. The molecular weight excluding hydrogens is 877 g/mol. The fraction of sp³-hybridized carbons (Fsp3) is 0.831. The first kappa shape index (κ1) is 68.4. The average molecular weight is 996 g/mol. The van der Waals surface area contributed by atoms with Crippen LogP contribution in [0.5, 0.6) is 0 Å². The normalized spacial score (nSPS) is 12.3. The summed E-state index contributed by atoms with van der Waals surface area (Å²) >= 11 is 0. The van der Waals surface area contributed by atoms with E-state index in [2.05, 4.69) is 69.4 Å². The third kappa shape index (κ3) is 58.1. The van der Waals surface area contributed by atoms with Crippen LogP contribution in [0.1, 0.15) is 329 Å². The summed E-state index contributed by atoms with van der Waals surface area (Å²) in [5.41, 5.74) is 0. The molecule has 6 heteroatoms. The number of carbonyl (C=O) groups excluding carboxylic acids is 3. The molecule has 6 nitrogen and oxygen atoms in total. The molecule has 0 spiro atoms. The van der Waals surface area contributed by atoms with E-state index in [-0.39, 0.29) is 31.1 Å². The van der Waals surface area contributed by atoms with Crippen LogP contribution in [-0.2, 0) is 28.6 Å². The lowest BCUT2D eigenvalue weighted by molar-refractivity contribution is -0.167. The molecule has 0 aliphatic carbocycles. The van der Waals surface area contributed by atoms with Gasteiger partial charge in [0, 0.05) is 19.3 Å². The predicted molar refractivity (Wildman–Crippen MR) is 307 cm³/mol. The van der Waals surface area contributed by atoms with Crippen molar-refractivity contribution in [1.29, 1.82) is 0 Å². The van der Waals surface area contributed by atoms with Crippen LogP contribution in [-0.4, -0.2) is 37.2 Å². The van der Waals surface area contributed by atoms with Gasteiger partial charge in [0.15, 0.2) is 6.10 Å². The molecule has 0 fully saturated rings. The highest BCUT2D eigenvalue weighted by atomic mass is 16.6. The zero-order chi connectivity index (χ0) is 51.4. The first-order valence-corrected chi connectivity index (χ1v) is 31.1. The van der Waals surface area contributed by atoms with Crippen molar-refractivity contribution >= 4 is 17.9 Å². The van der Waals surface area contributed by atoms with Crippen LogP contribution < -0.4 is 0 Å². The third-order valence-corrected chi connectivity index (χ3v) is 13.8. The summed E-state index contributed by atoms with van der Waals surface area (Å²) in [6, 6.07) is 0. The van der Waals surface area contributed by atoms with Crippen molar-refractivity contribution in [3.05, 3.63) is 48.6 Å². The number of allylic oxidation sites excluding steroid dienone is 8. The van der Waals surface area contributed by atoms with Gasteiger partial charge in [0.2, 0.25) is 0 Å². The monoisotopic (exact) mass is 995 g/mol. The van der Waals surface area contributed by atoms with Gasteiger partial charge in [-0.1, -0.05) is 281 Å². The van der Waals surface area contributed by atoms with Crippen LogP contribution in [0.15, 0.2) is 48.6 Å².